The van der Waals surface area contributed by atoms with Gasteiger partial charge in [0.2, 0.25) is 5.91 Å². The van der Waals surface area contributed by atoms with Gasteiger partial charge in [-0.1, -0.05) is 51.2 Å². The summed E-state index contributed by atoms with van der Waals surface area (Å²) >= 11 is 0. The fourth-order valence-corrected chi connectivity index (χ4v) is 1.85. The molecule has 0 N–H and O–H groups in total. The standard InChI is InChI=1S/C16H31NO/c1-4-5-6-7-8-9-10-11-12-13-14-15-16(18)17(2)3/h7-8H,4-6,9-15H2,1-3H3/b8-7-. The minimum Gasteiger partial charge on any atom is -0.349 e. The molecule has 0 aromatic carbocycles. The van der Waals surface area contributed by atoms with Crippen molar-refractivity contribution in [1.29, 1.82) is 0 Å². The molecule has 0 heterocycles. The largest absolute Gasteiger partial charge is 0.349 e. The van der Waals surface area contributed by atoms with Gasteiger partial charge < -0.3 is 4.90 Å². The number of hydrogen-bond acceptors (Lipinski definition) is 1. The zero-order chi connectivity index (χ0) is 13.6. The normalized spacial score (nSPS) is 11.1. The first-order valence-corrected chi connectivity index (χ1v) is 7.53. The van der Waals surface area contributed by atoms with Gasteiger partial charge in [-0.15, -0.1) is 0 Å². The van der Waals surface area contributed by atoms with E-state index in [-0.39, 0.29) is 5.91 Å². The van der Waals surface area contributed by atoms with Gasteiger partial charge in [-0.25, -0.2) is 0 Å². The van der Waals surface area contributed by atoms with E-state index in [9.17, 15) is 4.79 Å². The van der Waals surface area contributed by atoms with E-state index in [1.165, 1.54) is 51.4 Å². The first-order valence-electron chi connectivity index (χ1n) is 7.53. The van der Waals surface area contributed by atoms with Crippen LogP contribution in [-0.2, 0) is 4.79 Å². The van der Waals surface area contributed by atoms with Gasteiger partial charge in [-0.2, -0.15) is 0 Å². The number of nitrogens with zero attached hydrogens (tertiary/aromatic N) is 1. The van der Waals surface area contributed by atoms with Crippen LogP contribution in [0.3, 0.4) is 0 Å². The molecule has 0 aliphatic heterocycles. The van der Waals surface area contributed by atoms with Crippen LogP contribution in [0.25, 0.3) is 0 Å². The molecule has 0 radical (unpaired) electrons. The fraction of sp³-hybridized carbons (Fsp3) is 0.812. The Labute approximate surface area is 113 Å². The predicted molar refractivity (Wildman–Crippen MR) is 79.7 cm³/mol. The molecular weight excluding hydrogens is 222 g/mol. The first kappa shape index (κ1) is 17.2. The minimum absolute atomic E-state index is 0.258. The highest BCUT2D eigenvalue weighted by molar-refractivity contribution is 5.75. The van der Waals surface area contributed by atoms with Crippen molar-refractivity contribution < 1.29 is 4.79 Å². The predicted octanol–water partition coefficient (Wildman–Crippen LogP) is 4.55. The molecule has 18 heavy (non-hydrogen) atoms. The van der Waals surface area contributed by atoms with E-state index in [1.54, 1.807) is 4.90 Å². The zero-order valence-corrected chi connectivity index (χ0v) is 12.6. The Balaban J connectivity index is 3.16. The summed E-state index contributed by atoms with van der Waals surface area (Å²) in [6.07, 6.45) is 16.5. The van der Waals surface area contributed by atoms with Gasteiger partial charge in [0.15, 0.2) is 0 Å². The van der Waals surface area contributed by atoms with Crippen LogP contribution < -0.4 is 0 Å². The third kappa shape index (κ3) is 11.7. The van der Waals surface area contributed by atoms with E-state index in [0.29, 0.717) is 6.42 Å². The van der Waals surface area contributed by atoms with Crippen molar-refractivity contribution in [2.45, 2.75) is 71.1 Å². The zero-order valence-electron chi connectivity index (χ0n) is 12.6. The smallest absolute Gasteiger partial charge is 0.222 e. The van der Waals surface area contributed by atoms with Crippen LogP contribution in [0.15, 0.2) is 12.2 Å². The molecule has 0 spiro atoms. The summed E-state index contributed by atoms with van der Waals surface area (Å²) in [7, 11) is 3.65. The molecule has 2 nitrogen and oxygen atoms in total. The highest BCUT2D eigenvalue weighted by Crippen LogP contribution is 2.08. The van der Waals surface area contributed by atoms with Crippen LogP contribution in [-0.4, -0.2) is 24.9 Å². The van der Waals surface area contributed by atoms with Crippen LogP contribution in [0.2, 0.25) is 0 Å². The molecule has 2 heteroatoms. The Bertz CT molecular complexity index is 221. The average molecular weight is 253 g/mol. The van der Waals surface area contributed by atoms with E-state index in [0.717, 1.165) is 6.42 Å². The Hall–Kier alpha value is -0.790. The van der Waals surface area contributed by atoms with Crippen LogP contribution >= 0.6 is 0 Å². The van der Waals surface area contributed by atoms with Crippen LogP contribution in [0.5, 0.6) is 0 Å². The van der Waals surface area contributed by atoms with Crippen molar-refractivity contribution in [2.24, 2.45) is 0 Å². The summed E-state index contributed by atoms with van der Waals surface area (Å²) in [6, 6.07) is 0. The highest BCUT2D eigenvalue weighted by atomic mass is 16.2. The molecule has 0 aliphatic rings. The number of hydrogen-bond donors (Lipinski definition) is 0. The number of unbranched alkanes of at least 4 members (excludes halogenated alkanes) is 7. The molecule has 0 saturated carbocycles. The van der Waals surface area contributed by atoms with E-state index >= 15 is 0 Å². The maximum atomic E-state index is 11.3. The molecule has 0 aliphatic carbocycles. The Morgan fingerprint density at radius 1 is 0.889 bits per heavy atom. The maximum Gasteiger partial charge on any atom is 0.222 e. The summed E-state index contributed by atoms with van der Waals surface area (Å²) < 4.78 is 0. The lowest BCUT2D eigenvalue weighted by Crippen LogP contribution is -2.20. The van der Waals surface area contributed by atoms with Crippen molar-refractivity contribution in [3.05, 3.63) is 12.2 Å². The van der Waals surface area contributed by atoms with Crippen molar-refractivity contribution in [1.82, 2.24) is 4.90 Å². The summed E-state index contributed by atoms with van der Waals surface area (Å²) in [6.45, 7) is 2.23. The molecule has 0 rings (SSSR count). The van der Waals surface area contributed by atoms with Crippen molar-refractivity contribution in [2.75, 3.05) is 14.1 Å². The third-order valence-electron chi connectivity index (χ3n) is 3.15. The van der Waals surface area contributed by atoms with Crippen molar-refractivity contribution in [3.8, 4) is 0 Å². The van der Waals surface area contributed by atoms with Crippen LogP contribution in [0.4, 0.5) is 0 Å². The number of rotatable bonds is 11. The molecule has 0 unspecified atom stereocenters. The Morgan fingerprint density at radius 3 is 2.06 bits per heavy atom. The fourth-order valence-electron chi connectivity index (χ4n) is 1.85. The summed E-state index contributed by atoms with van der Waals surface area (Å²) in [5, 5.41) is 0. The molecular formula is C16H31NO. The van der Waals surface area contributed by atoms with Gasteiger partial charge in [0, 0.05) is 20.5 Å². The van der Waals surface area contributed by atoms with Gasteiger partial charge in [0.25, 0.3) is 0 Å². The van der Waals surface area contributed by atoms with Gasteiger partial charge >= 0.3 is 0 Å². The molecule has 0 fully saturated rings. The van der Waals surface area contributed by atoms with Gasteiger partial charge in [0.1, 0.15) is 0 Å². The topological polar surface area (TPSA) is 20.3 Å². The summed E-state index contributed by atoms with van der Waals surface area (Å²) in [5.74, 6) is 0.258. The third-order valence-corrected chi connectivity index (χ3v) is 3.15. The van der Waals surface area contributed by atoms with Gasteiger partial charge in [-0.3, -0.25) is 4.79 Å². The van der Waals surface area contributed by atoms with Gasteiger partial charge in [0.05, 0.1) is 0 Å². The second-order valence-corrected chi connectivity index (χ2v) is 5.21. The Kier molecular flexibility index (Phi) is 12.1. The SMILES string of the molecule is CCCC/C=C\CCCCCCCC(=O)N(C)C. The van der Waals surface area contributed by atoms with E-state index in [1.807, 2.05) is 14.1 Å². The highest BCUT2D eigenvalue weighted by Gasteiger charge is 2.02. The molecule has 106 valence electrons. The molecule has 0 bridgehead atoms. The van der Waals surface area contributed by atoms with Gasteiger partial charge in [-0.05, 0) is 25.7 Å². The second-order valence-electron chi connectivity index (χ2n) is 5.21. The maximum absolute atomic E-state index is 11.3. The lowest BCUT2D eigenvalue weighted by atomic mass is 10.1. The van der Waals surface area contributed by atoms with Crippen LogP contribution in [0, 0.1) is 0 Å². The molecule has 1 amide bonds. The van der Waals surface area contributed by atoms with E-state index in [4.69, 9.17) is 0 Å². The van der Waals surface area contributed by atoms with Crippen LogP contribution in [0.1, 0.15) is 71.1 Å². The van der Waals surface area contributed by atoms with E-state index < -0.39 is 0 Å². The summed E-state index contributed by atoms with van der Waals surface area (Å²) in [5.41, 5.74) is 0. The lowest BCUT2D eigenvalue weighted by Gasteiger charge is -2.09. The average Bonchev–Trinajstić information content (AvgIpc) is 2.35. The number of amides is 1. The van der Waals surface area contributed by atoms with E-state index in [2.05, 4.69) is 19.1 Å². The summed E-state index contributed by atoms with van der Waals surface area (Å²) in [4.78, 5) is 13.0. The molecule has 0 saturated heterocycles. The monoisotopic (exact) mass is 253 g/mol. The number of allylic oxidation sites excluding steroid dienone is 2. The second kappa shape index (κ2) is 12.7. The minimum atomic E-state index is 0.258. The first-order chi connectivity index (χ1) is 8.68. The number of carbonyl (C=O) groups is 1. The molecule has 0 aromatic rings. The van der Waals surface area contributed by atoms with Crippen molar-refractivity contribution >= 4 is 5.91 Å². The quantitative estimate of drug-likeness (QED) is 0.391. The lowest BCUT2D eigenvalue weighted by molar-refractivity contribution is -0.128. The Morgan fingerprint density at radius 2 is 1.44 bits per heavy atom. The number of carbonyl (C=O) groups excluding carboxylic acids is 1. The van der Waals surface area contributed by atoms with Crippen molar-refractivity contribution in [3.63, 3.8) is 0 Å². The molecule has 0 aromatic heterocycles. The molecule has 0 atom stereocenters.